The summed E-state index contributed by atoms with van der Waals surface area (Å²) < 4.78 is 27.8. The van der Waals surface area contributed by atoms with Crippen LogP contribution >= 0.6 is 12.4 Å². The minimum absolute atomic E-state index is 0. The van der Waals surface area contributed by atoms with E-state index in [0.717, 1.165) is 6.42 Å². The molecule has 0 radical (unpaired) electrons. The lowest BCUT2D eigenvalue weighted by Crippen LogP contribution is -2.34. The molecule has 2 unspecified atom stereocenters. The lowest BCUT2D eigenvalue weighted by Gasteiger charge is -2.19. The second-order valence-electron chi connectivity index (χ2n) is 4.64. The van der Waals surface area contributed by atoms with Crippen LogP contribution < -0.4 is 5.73 Å². The van der Waals surface area contributed by atoms with Gasteiger partial charge in [-0.25, -0.2) is 13.4 Å². The van der Waals surface area contributed by atoms with Crippen LogP contribution in [0.5, 0.6) is 0 Å². The van der Waals surface area contributed by atoms with Crippen LogP contribution in [0.25, 0.3) is 0 Å². The Balaban J connectivity index is 0.00000162. The van der Waals surface area contributed by atoms with Gasteiger partial charge in [0.15, 0.2) is 5.03 Å². The molecule has 1 fully saturated rings. The summed E-state index contributed by atoms with van der Waals surface area (Å²) in [7, 11) is -1.71. The third kappa shape index (κ3) is 2.69. The van der Waals surface area contributed by atoms with Crippen LogP contribution in [-0.2, 0) is 17.1 Å². The molecule has 8 heteroatoms. The van der Waals surface area contributed by atoms with Gasteiger partial charge in [-0.1, -0.05) is 0 Å². The molecule has 2 rings (SSSR count). The van der Waals surface area contributed by atoms with Gasteiger partial charge in [-0.15, -0.1) is 12.4 Å². The van der Waals surface area contributed by atoms with E-state index in [-0.39, 0.29) is 29.4 Å². The highest BCUT2D eigenvalue weighted by atomic mass is 35.5. The Hall–Kier alpha value is -0.630. The van der Waals surface area contributed by atoms with E-state index in [2.05, 4.69) is 4.98 Å². The number of hydrogen-bond acceptors (Lipinski definition) is 4. The van der Waals surface area contributed by atoms with Gasteiger partial charge in [0, 0.05) is 25.8 Å². The molecular formula is C10H19ClN4O2S. The molecule has 1 aliphatic rings. The van der Waals surface area contributed by atoms with E-state index in [1.54, 1.807) is 11.6 Å². The number of aromatic nitrogens is 2. The summed E-state index contributed by atoms with van der Waals surface area (Å²) >= 11 is 0. The van der Waals surface area contributed by atoms with Crippen molar-refractivity contribution in [3.05, 3.63) is 12.5 Å². The number of sulfonamides is 1. The van der Waals surface area contributed by atoms with E-state index >= 15 is 0 Å². The first-order valence-electron chi connectivity index (χ1n) is 5.65. The zero-order chi connectivity index (χ0) is 12.6. The number of imidazole rings is 1. The van der Waals surface area contributed by atoms with Crippen LogP contribution in [0.15, 0.2) is 17.6 Å². The fourth-order valence-corrected chi connectivity index (χ4v) is 3.94. The third-order valence-electron chi connectivity index (χ3n) is 3.19. The number of nitrogens with zero attached hydrogens (tertiary/aromatic N) is 3. The average molecular weight is 295 g/mol. The molecule has 1 saturated heterocycles. The first-order chi connectivity index (χ1) is 7.95. The summed E-state index contributed by atoms with van der Waals surface area (Å²) in [4.78, 5) is 3.92. The molecule has 0 spiro atoms. The smallest absolute Gasteiger partial charge is 0.262 e. The van der Waals surface area contributed by atoms with Crippen LogP contribution in [-0.4, -0.2) is 41.4 Å². The standard InChI is InChI=1S/C10H18N4O2S.ClH/c1-8-3-9(4-11)5-14(8)17(15,16)10-6-13(2)7-12-10;/h6-9H,3-5,11H2,1-2H3;1H. The molecule has 1 aromatic rings. The van der Waals surface area contributed by atoms with Crippen molar-refractivity contribution >= 4 is 22.4 Å². The second kappa shape index (κ2) is 5.56. The topological polar surface area (TPSA) is 81.2 Å². The van der Waals surface area contributed by atoms with Crippen molar-refractivity contribution in [3.8, 4) is 0 Å². The van der Waals surface area contributed by atoms with Crippen molar-refractivity contribution in [3.63, 3.8) is 0 Å². The normalized spacial score (nSPS) is 25.1. The molecule has 2 N–H and O–H groups in total. The van der Waals surface area contributed by atoms with Crippen LogP contribution in [0, 0.1) is 5.92 Å². The zero-order valence-electron chi connectivity index (χ0n) is 10.5. The maximum Gasteiger partial charge on any atom is 0.262 e. The van der Waals surface area contributed by atoms with Crippen LogP contribution in [0.2, 0.25) is 0 Å². The molecular weight excluding hydrogens is 276 g/mol. The summed E-state index contributed by atoms with van der Waals surface area (Å²) in [5.41, 5.74) is 5.60. The summed E-state index contributed by atoms with van der Waals surface area (Å²) in [5.74, 6) is 0.253. The largest absolute Gasteiger partial charge is 0.339 e. The summed E-state index contributed by atoms with van der Waals surface area (Å²) in [6.07, 6.45) is 3.84. The lowest BCUT2D eigenvalue weighted by atomic mass is 10.1. The molecule has 104 valence electrons. The molecule has 0 amide bonds. The summed E-state index contributed by atoms with van der Waals surface area (Å²) in [5, 5.41) is 0.115. The van der Waals surface area contributed by atoms with E-state index in [9.17, 15) is 8.42 Å². The summed E-state index contributed by atoms with van der Waals surface area (Å²) in [6, 6.07) is -0.00411. The molecule has 0 saturated carbocycles. The quantitative estimate of drug-likeness (QED) is 0.863. The van der Waals surface area contributed by atoms with Crippen molar-refractivity contribution in [2.75, 3.05) is 13.1 Å². The number of aryl methyl sites for hydroxylation is 1. The number of nitrogens with two attached hydrogens (primary N) is 1. The van der Waals surface area contributed by atoms with Crippen molar-refractivity contribution in [1.82, 2.24) is 13.9 Å². The van der Waals surface area contributed by atoms with Gasteiger partial charge in [0.2, 0.25) is 0 Å². The fourth-order valence-electron chi connectivity index (χ4n) is 2.26. The second-order valence-corrected chi connectivity index (χ2v) is 6.48. The van der Waals surface area contributed by atoms with Crippen molar-refractivity contribution in [2.45, 2.75) is 24.4 Å². The van der Waals surface area contributed by atoms with Gasteiger partial charge in [-0.3, -0.25) is 0 Å². The lowest BCUT2D eigenvalue weighted by molar-refractivity contribution is 0.403. The van der Waals surface area contributed by atoms with Crippen LogP contribution in [0.4, 0.5) is 0 Å². The predicted molar refractivity (Wildman–Crippen MR) is 71.0 cm³/mol. The Morgan fingerprint density at radius 2 is 2.22 bits per heavy atom. The minimum Gasteiger partial charge on any atom is -0.339 e. The van der Waals surface area contributed by atoms with Gasteiger partial charge in [0.25, 0.3) is 10.0 Å². The van der Waals surface area contributed by atoms with E-state index in [1.165, 1.54) is 16.8 Å². The van der Waals surface area contributed by atoms with Crippen molar-refractivity contribution in [2.24, 2.45) is 18.7 Å². The highest BCUT2D eigenvalue weighted by Crippen LogP contribution is 2.28. The minimum atomic E-state index is -3.46. The molecule has 18 heavy (non-hydrogen) atoms. The van der Waals surface area contributed by atoms with E-state index in [4.69, 9.17) is 5.73 Å². The van der Waals surface area contributed by atoms with Gasteiger partial charge in [0.1, 0.15) is 0 Å². The maximum atomic E-state index is 12.3. The third-order valence-corrected chi connectivity index (χ3v) is 5.06. The summed E-state index contributed by atoms with van der Waals surface area (Å²) in [6.45, 7) is 2.94. The number of hydrogen-bond donors (Lipinski definition) is 1. The Bertz CT molecular complexity index is 502. The van der Waals surface area contributed by atoms with Crippen LogP contribution in [0.3, 0.4) is 0 Å². The Morgan fingerprint density at radius 3 is 2.67 bits per heavy atom. The average Bonchev–Trinajstić information content (AvgIpc) is 2.85. The van der Waals surface area contributed by atoms with Gasteiger partial charge in [0.05, 0.1) is 6.33 Å². The highest BCUT2D eigenvalue weighted by molar-refractivity contribution is 7.89. The van der Waals surface area contributed by atoms with Gasteiger partial charge in [-0.2, -0.15) is 4.31 Å². The van der Waals surface area contributed by atoms with Crippen LogP contribution in [0.1, 0.15) is 13.3 Å². The molecule has 0 aliphatic carbocycles. The Morgan fingerprint density at radius 1 is 1.56 bits per heavy atom. The van der Waals surface area contributed by atoms with E-state index < -0.39 is 10.0 Å². The molecule has 2 heterocycles. The molecule has 6 nitrogen and oxygen atoms in total. The molecule has 1 aromatic heterocycles. The van der Waals surface area contributed by atoms with Gasteiger partial charge in [-0.05, 0) is 25.8 Å². The molecule has 2 atom stereocenters. The SMILES string of the molecule is CC1CC(CN)CN1S(=O)(=O)c1cn(C)cn1.Cl. The fraction of sp³-hybridized carbons (Fsp3) is 0.700. The number of halogens is 1. The first kappa shape index (κ1) is 15.4. The molecule has 0 bridgehead atoms. The van der Waals surface area contributed by atoms with E-state index in [1.807, 2.05) is 6.92 Å². The van der Waals surface area contributed by atoms with Crippen molar-refractivity contribution in [1.29, 1.82) is 0 Å². The highest BCUT2D eigenvalue weighted by Gasteiger charge is 2.38. The molecule has 1 aliphatic heterocycles. The predicted octanol–water partition coefficient (Wildman–Crippen LogP) is 0.200. The van der Waals surface area contributed by atoms with Gasteiger partial charge < -0.3 is 10.3 Å². The van der Waals surface area contributed by atoms with E-state index in [0.29, 0.717) is 13.1 Å². The molecule has 0 aromatic carbocycles. The maximum absolute atomic E-state index is 12.3. The zero-order valence-corrected chi connectivity index (χ0v) is 12.1. The number of rotatable bonds is 3. The Labute approximate surface area is 114 Å². The monoisotopic (exact) mass is 294 g/mol. The van der Waals surface area contributed by atoms with Crippen molar-refractivity contribution < 1.29 is 8.42 Å². The first-order valence-corrected chi connectivity index (χ1v) is 7.09. The van der Waals surface area contributed by atoms with Gasteiger partial charge >= 0.3 is 0 Å². The Kier molecular flexibility index (Phi) is 4.77.